The van der Waals surface area contributed by atoms with Crippen molar-refractivity contribution in [2.75, 3.05) is 0 Å². The Labute approximate surface area is 153 Å². The van der Waals surface area contributed by atoms with Gasteiger partial charge in [0, 0.05) is 24.7 Å². The number of benzene rings is 2. The highest BCUT2D eigenvalue weighted by molar-refractivity contribution is 7.16. The Balaban J connectivity index is 1.95. The molecule has 0 unspecified atom stereocenters. The standard InChI is InChI=1S/C18H17N3O4S/c1-11(2)25-14-7-4-12(5-8-14)17(22)19-18-20(3)15-10-13(21(23)24)6-9-16(15)26-18/h4-11H,1-3H3. The monoisotopic (exact) mass is 371 g/mol. The highest BCUT2D eigenvalue weighted by atomic mass is 32.1. The largest absolute Gasteiger partial charge is 0.491 e. The predicted octanol–water partition coefficient (Wildman–Crippen LogP) is 3.68. The number of nitrogens with zero attached hydrogens (tertiary/aromatic N) is 3. The fourth-order valence-electron chi connectivity index (χ4n) is 2.44. The molecule has 0 N–H and O–H groups in total. The number of non-ortho nitro benzene ring substituents is 1. The second-order valence-electron chi connectivity index (χ2n) is 5.96. The van der Waals surface area contributed by atoms with Crippen molar-refractivity contribution in [3.63, 3.8) is 0 Å². The third kappa shape index (κ3) is 3.65. The zero-order valence-corrected chi connectivity index (χ0v) is 15.3. The molecule has 26 heavy (non-hydrogen) atoms. The van der Waals surface area contributed by atoms with Crippen LogP contribution in [0.3, 0.4) is 0 Å². The Bertz CT molecular complexity index is 1050. The van der Waals surface area contributed by atoms with Gasteiger partial charge in [0.25, 0.3) is 11.6 Å². The molecule has 0 aliphatic rings. The fraction of sp³-hybridized carbons (Fsp3) is 0.222. The molecule has 134 valence electrons. The minimum Gasteiger partial charge on any atom is -0.491 e. The Hall–Kier alpha value is -3.00. The highest BCUT2D eigenvalue weighted by Crippen LogP contribution is 2.22. The van der Waals surface area contributed by atoms with E-state index >= 15 is 0 Å². The molecule has 0 bridgehead atoms. The number of nitro benzene ring substituents is 1. The summed E-state index contributed by atoms with van der Waals surface area (Å²) in [6, 6.07) is 11.4. The van der Waals surface area contributed by atoms with Crippen LogP contribution in [0.1, 0.15) is 24.2 Å². The third-order valence-corrected chi connectivity index (χ3v) is 4.79. The maximum absolute atomic E-state index is 12.4. The number of nitro groups is 1. The maximum Gasteiger partial charge on any atom is 0.279 e. The number of hydrogen-bond donors (Lipinski definition) is 0. The van der Waals surface area contributed by atoms with Crippen molar-refractivity contribution in [2.24, 2.45) is 12.0 Å². The van der Waals surface area contributed by atoms with Crippen molar-refractivity contribution in [2.45, 2.75) is 20.0 Å². The second-order valence-corrected chi connectivity index (χ2v) is 6.97. The van der Waals surface area contributed by atoms with Crippen LogP contribution in [0.4, 0.5) is 5.69 Å². The summed E-state index contributed by atoms with van der Waals surface area (Å²) in [6.45, 7) is 3.86. The molecular formula is C18H17N3O4S. The number of thiazole rings is 1. The van der Waals surface area contributed by atoms with Crippen LogP contribution in [-0.2, 0) is 7.05 Å². The number of carbonyl (C=O) groups is 1. The van der Waals surface area contributed by atoms with E-state index in [0.29, 0.717) is 21.6 Å². The summed E-state index contributed by atoms with van der Waals surface area (Å²) >= 11 is 1.31. The van der Waals surface area contributed by atoms with Crippen LogP contribution in [-0.4, -0.2) is 21.5 Å². The Kier molecular flexibility index (Phi) is 4.85. The van der Waals surface area contributed by atoms with Crippen LogP contribution < -0.4 is 9.54 Å². The first-order valence-corrected chi connectivity index (χ1v) is 8.76. The molecule has 3 aromatic rings. The third-order valence-electron chi connectivity index (χ3n) is 3.67. The van der Waals surface area contributed by atoms with Gasteiger partial charge in [-0.3, -0.25) is 14.9 Å². The molecular weight excluding hydrogens is 354 g/mol. The number of fused-ring (bicyclic) bond motifs is 1. The molecule has 0 spiro atoms. The Morgan fingerprint density at radius 3 is 2.54 bits per heavy atom. The lowest BCUT2D eigenvalue weighted by atomic mass is 10.2. The number of carbonyl (C=O) groups excluding carboxylic acids is 1. The van der Waals surface area contributed by atoms with E-state index in [9.17, 15) is 14.9 Å². The summed E-state index contributed by atoms with van der Waals surface area (Å²) < 4.78 is 8.06. The van der Waals surface area contributed by atoms with Crippen molar-refractivity contribution in [3.8, 4) is 5.75 Å². The van der Waals surface area contributed by atoms with Gasteiger partial charge < -0.3 is 9.30 Å². The summed E-state index contributed by atoms with van der Waals surface area (Å²) in [7, 11) is 1.73. The molecule has 0 atom stereocenters. The van der Waals surface area contributed by atoms with E-state index in [1.54, 1.807) is 41.9 Å². The summed E-state index contributed by atoms with van der Waals surface area (Å²) in [5.74, 6) is 0.314. The number of hydrogen-bond acceptors (Lipinski definition) is 5. The predicted molar refractivity (Wildman–Crippen MR) is 99.5 cm³/mol. The average molecular weight is 371 g/mol. The summed E-state index contributed by atoms with van der Waals surface area (Å²) in [5, 5.41) is 10.9. The lowest BCUT2D eigenvalue weighted by Gasteiger charge is -2.09. The SMILES string of the molecule is CC(C)Oc1ccc(C(=O)N=c2sc3ccc([N+](=O)[O-])cc3n2C)cc1. The Morgan fingerprint density at radius 2 is 1.92 bits per heavy atom. The Morgan fingerprint density at radius 1 is 1.23 bits per heavy atom. The van der Waals surface area contributed by atoms with Crippen molar-refractivity contribution >= 4 is 33.1 Å². The molecule has 7 nitrogen and oxygen atoms in total. The summed E-state index contributed by atoms with van der Waals surface area (Å²) in [6.07, 6.45) is 0.0582. The minimum atomic E-state index is -0.445. The smallest absolute Gasteiger partial charge is 0.279 e. The molecule has 0 radical (unpaired) electrons. The minimum absolute atomic E-state index is 0.00418. The van der Waals surface area contributed by atoms with Crippen molar-refractivity contribution in [1.29, 1.82) is 0 Å². The van der Waals surface area contributed by atoms with Crippen molar-refractivity contribution in [3.05, 3.63) is 62.9 Å². The van der Waals surface area contributed by atoms with Crippen LogP contribution >= 0.6 is 11.3 Å². The van der Waals surface area contributed by atoms with Gasteiger partial charge >= 0.3 is 0 Å². The molecule has 0 aliphatic carbocycles. The van der Waals surface area contributed by atoms with E-state index in [1.807, 2.05) is 13.8 Å². The number of amides is 1. The van der Waals surface area contributed by atoms with Gasteiger partial charge in [0.2, 0.25) is 0 Å². The van der Waals surface area contributed by atoms with E-state index in [2.05, 4.69) is 4.99 Å². The molecule has 2 aromatic carbocycles. The van der Waals surface area contributed by atoms with Gasteiger partial charge in [-0.25, -0.2) is 0 Å². The number of aromatic nitrogens is 1. The van der Waals surface area contributed by atoms with Crippen LogP contribution in [0, 0.1) is 10.1 Å². The molecule has 0 fully saturated rings. The summed E-state index contributed by atoms with van der Waals surface area (Å²) in [5.41, 5.74) is 1.12. The molecule has 1 amide bonds. The normalized spacial score (nSPS) is 11.9. The van der Waals surface area contributed by atoms with Gasteiger partial charge in [-0.05, 0) is 44.2 Å². The maximum atomic E-state index is 12.4. The van der Waals surface area contributed by atoms with E-state index in [4.69, 9.17) is 4.74 Å². The van der Waals surface area contributed by atoms with Crippen molar-refractivity contribution in [1.82, 2.24) is 4.57 Å². The van der Waals surface area contributed by atoms with E-state index in [0.717, 1.165) is 4.70 Å². The van der Waals surface area contributed by atoms with E-state index < -0.39 is 4.92 Å². The van der Waals surface area contributed by atoms with Gasteiger partial charge in [0.15, 0.2) is 4.80 Å². The van der Waals surface area contributed by atoms with Gasteiger partial charge in [0.1, 0.15) is 5.75 Å². The quantitative estimate of drug-likeness (QED) is 0.517. The second kappa shape index (κ2) is 7.09. The molecule has 0 aliphatic heterocycles. The van der Waals surface area contributed by atoms with E-state index in [1.165, 1.54) is 23.5 Å². The van der Waals surface area contributed by atoms with Gasteiger partial charge in [0.05, 0.1) is 21.2 Å². The number of aryl methyl sites for hydroxylation is 1. The lowest BCUT2D eigenvalue weighted by molar-refractivity contribution is -0.384. The number of ether oxygens (including phenoxy) is 1. The molecule has 1 heterocycles. The first-order chi connectivity index (χ1) is 12.3. The molecule has 1 aromatic heterocycles. The first-order valence-electron chi connectivity index (χ1n) is 7.95. The lowest BCUT2D eigenvalue weighted by Crippen LogP contribution is -2.13. The first kappa shape index (κ1) is 17.8. The molecule has 8 heteroatoms. The average Bonchev–Trinajstić information content (AvgIpc) is 2.90. The highest BCUT2D eigenvalue weighted by Gasteiger charge is 2.12. The summed E-state index contributed by atoms with van der Waals surface area (Å²) in [4.78, 5) is 27.6. The molecule has 3 rings (SSSR count). The topological polar surface area (TPSA) is 86.7 Å². The molecule has 0 saturated carbocycles. The van der Waals surface area contributed by atoms with Gasteiger partial charge in [-0.15, -0.1) is 0 Å². The van der Waals surface area contributed by atoms with Crippen LogP contribution in [0.25, 0.3) is 10.2 Å². The van der Waals surface area contributed by atoms with Gasteiger partial charge in [-0.1, -0.05) is 11.3 Å². The van der Waals surface area contributed by atoms with Gasteiger partial charge in [-0.2, -0.15) is 4.99 Å². The number of rotatable bonds is 4. The van der Waals surface area contributed by atoms with Crippen molar-refractivity contribution < 1.29 is 14.5 Å². The van der Waals surface area contributed by atoms with Crippen LogP contribution in [0.2, 0.25) is 0 Å². The molecule has 0 saturated heterocycles. The fourth-order valence-corrected chi connectivity index (χ4v) is 3.43. The van der Waals surface area contributed by atoms with Crippen LogP contribution in [0.15, 0.2) is 47.5 Å². The van der Waals surface area contributed by atoms with Crippen LogP contribution in [0.5, 0.6) is 5.75 Å². The van der Waals surface area contributed by atoms with E-state index in [-0.39, 0.29) is 17.7 Å². The zero-order chi connectivity index (χ0) is 18.8. The zero-order valence-electron chi connectivity index (χ0n) is 14.5.